The van der Waals surface area contributed by atoms with Crippen LogP contribution in [-0.4, -0.2) is 49.7 Å². The number of sulfonamides is 1. The first kappa shape index (κ1) is 26.5. The minimum absolute atomic E-state index is 0.0380. The van der Waals surface area contributed by atoms with Crippen LogP contribution in [-0.2, 0) is 26.0 Å². The molecule has 0 saturated carbocycles. The van der Waals surface area contributed by atoms with Gasteiger partial charge in [-0.2, -0.15) is 4.72 Å². The molecule has 34 heavy (non-hydrogen) atoms. The van der Waals surface area contributed by atoms with Gasteiger partial charge in [-0.25, -0.2) is 8.42 Å². The monoisotopic (exact) mass is 489 g/mol. The number of carboxylic acids is 1. The lowest BCUT2D eigenvalue weighted by atomic mass is 10.1. The first-order chi connectivity index (χ1) is 16.0. The minimum atomic E-state index is -4.13. The maximum atomic E-state index is 12.7. The molecule has 7 N–H and O–H groups in total. The number of amides is 2. The summed E-state index contributed by atoms with van der Waals surface area (Å²) < 4.78 is 27.4. The van der Waals surface area contributed by atoms with Crippen molar-refractivity contribution in [3.63, 3.8) is 0 Å². The van der Waals surface area contributed by atoms with E-state index < -0.39 is 33.8 Å². The highest BCUT2D eigenvalue weighted by Crippen LogP contribution is 2.25. The van der Waals surface area contributed by atoms with Gasteiger partial charge >= 0.3 is 5.97 Å². The molecule has 0 aliphatic rings. The lowest BCUT2D eigenvalue weighted by molar-refractivity contribution is -0.138. The van der Waals surface area contributed by atoms with Crippen molar-refractivity contribution in [1.29, 1.82) is 5.41 Å². The van der Waals surface area contributed by atoms with Crippen LogP contribution in [0.1, 0.15) is 41.8 Å². The molecule has 0 aliphatic carbocycles. The van der Waals surface area contributed by atoms with Crippen LogP contribution in [0.3, 0.4) is 0 Å². The van der Waals surface area contributed by atoms with Crippen LogP contribution in [0, 0.1) is 5.41 Å². The molecule has 2 rings (SSSR count). The number of carbonyl (C=O) groups is 3. The highest BCUT2D eigenvalue weighted by molar-refractivity contribution is 7.89. The molecule has 0 bridgehead atoms. The van der Waals surface area contributed by atoms with Gasteiger partial charge in [-0.1, -0.05) is 25.1 Å². The number of nitrogens with one attached hydrogen (secondary N) is 4. The third-order valence-corrected chi connectivity index (χ3v) is 6.47. The fourth-order valence-corrected chi connectivity index (χ4v) is 4.58. The van der Waals surface area contributed by atoms with Gasteiger partial charge < -0.3 is 21.5 Å². The van der Waals surface area contributed by atoms with E-state index in [1.807, 2.05) is 0 Å². The van der Waals surface area contributed by atoms with Crippen molar-refractivity contribution in [3.8, 4) is 0 Å². The average molecular weight is 490 g/mol. The second kappa shape index (κ2) is 11.4. The summed E-state index contributed by atoms with van der Waals surface area (Å²) in [5.74, 6) is -2.27. The summed E-state index contributed by atoms with van der Waals surface area (Å²) in [6.07, 6.45) is 0.201. The molecule has 1 atom stereocenters. The number of hydrogen-bond acceptors (Lipinski definition) is 6. The molecule has 2 aromatic rings. The van der Waals surface area contributed by atoms with Gasteiger partial charge in [-0.15, -0.1) is 0 Å². The smallest absolute Gasteiger partial charge is 0.321 e. The first-order valence-electron chi connectivity index (χ1n) is 10.4. The predicted octanol–water partition coefficient (Wildman–Crippen LogP) is 1.04. The van der Waals surface area contributed by atoms with Gasteiger partial charge in [0, 0.05) is 29.8 Å². The van der Waals surface area contributed by atoms with Gasteiger partial charge in [0.25, 0.3) is 5.91 Å². The molecule has 2 aromatic carbocycles. The molecular weight excluding hydrogens is 462 g/mol. The molecule has 0 fully saturated rings. The number of benzene rings is 2. The number of amidine groups is 1. The Bertz CT molecular complexity index is 1190. The second-order valence-electron chi connectivity index (χ2n) is 7.36. The zero-order chi connectivity index (χ0) is 25.5. The summed E-state index contributed by atoms with van der Waals surface area (Å²) in [6, 6.07) is 9.13. The minimum Gasteiger partial charge on any atom is -0.480 e. The highest BCUT2D eigenvalue weighted by atomic mass is 32.2. The summed E-state index contributed by atoms with van der Waals surface area (Å²) >= 11 is 0. The lowest BCUT2D eigenvalue weighted by Gasteiger charge is -2.16. The van der Waals surface area contributed by atoms with Crippen LogP contribution in [0.5, 0.6) is 0 Å². The van der Waals surface area contributed by atoms with E-state index in [0.29, 0.717) is 16.7 Å². The fraction of sp³-hybridized carbons (Fsp3) is 0.273. The van der Waals surface area contributed by atoms with E-state index in [2.05, 4.69) is 15.4 Å². The number of nitrogens with two attached hydrogens (primary N) is 1. The number of hydrogen-bond donors (Lipinski definition) is 6. The van der Waals surface area contributed by atoms with Gasteiger partial charge in [0.15, 0.2) is 0 Å². The van der Waals surface area contributed by atoms with Crippen molar-refractivity contribution >= 4 is 39.3 Å². The van der Waals surface area contributed by atoms with Crippen molar-refractivity contribution in [2.24, 2.45) is 5.73 Å². The lowest BCUT2D eigenvalue weighted by Crippen LogP contribution is -2.38. The molecule has 0 saturated heterocycles. The Labute approximate surface area is 197 Å². The van der Waals surface area contributed by atoms with E-state index in [9.17, 15) is 22.8 Å². The summed E-state index contributed by atoms with van der Waals surface area (Å²) in [6.45, 7) is 2.96. The Balaban J connectivity index is 2.03. The number of carbonyl (C=O) groups excluding carboxylic acids is 2. The maximum absolute atomic E-state index is 12.7. The van der Waals surface area contributed by atoms with Gasteiger partial charge in [-0.05, 0) is 43.2 Å². The topological polar surface area (TPSA) is 192 Å². The van der Waals surface area contributed by atoms with E-state index in [1.54, 1.807) is 25.1 Å². The van der Waals surface area contributed by atoms with Crippen molar-refractivity contribution in [1.82, 2.24) is 10.0 Å². The molecule has 2 amide bonds. The SMILES string of the molecule is CCc1c(NC(=O)CCNC(=O)c2ccc(C(=N)N)cc2)cccc1S(=O)(=O)N[C@@H](C)C(=O)O. The third-order valence-electron chi connectivity index (χ3n) is 4.85. The second-order valence-corrected chi connectivity index (χ2v) is 9.04. The number of anilines is 1. The predicted molar refractivity (Wildman–Crippen MR) is 126 cm³/mol. The molecule has 0 unspecified atom stereocenters. The molecule has 182 valence electrons. The van der Waals surface area contributed by atoms with Crippen LogP contribution in [0.25, 0.3) is 0 Å². The third kappa shape index (κ3) is 6.86. The largest absolute Gasteiger partial charge is 0.480 e. The number of nitrogen functional groups attached to an aromatic ring is 1. The Morgan fingerprint density at radius 1 is 1.09 bits per heavy atom. The normalized spacial score (nSPS) is 11.9. The van der Waals surface area contributed by atoms with Gasteiger partial charge in [0.2, 0.25) is 15.9 Å². The molecule has 12 heteroatoms. The van der Waals surface area contributed by atoms with Crippen molar-refractivity contribution in [2.75, 3.05) is 11.9 Å². The summed E-state index contributed by atoms with van der Waals surface area (Å²) in [7, 11) is -4.13. The van der Waals surface area contributed by atoms with Crippen molar-refractivity contribution in [3.05, 3.63) is 59.2 Å². The van der Waals surface area contributed by atoms with Crippen LogP contribution < -0.4 is 21.1 Å². The average Bonchev–Trinajstić information content (AvgIpc) is 2.78. The van der Waals surface area contributed by atoms with E-state index in [1.165, 1.54) is 31.2 Å². The Morgan fingerprint density at radius 3 is 2.26 bits per heavy atom. The number of rotatable bonds is 11. The zero-order valence-electron chi connectivity index (χ0n) is 18.7. The quantitative estimate of drug-likeness (QED) is 0.200. The maximum Gasteiger partial charge on any atom is 0.321 e. The highest BCUT2D eigenvalue weighted by Gasteiger charge is 2.25. The zero-order valence-corrected chi connectivity index (χ0v) is 19.5. The van der Waals surface area contributed by atoms with E-state index >= 15 is 0 Å². The molecule has 0 aliphatic heterocycles. The number of carboxylic acid groups (broad SMARTS) is 1. The Morgan fingerprint density at radius 2 is 1.71 bits per heavy atom. The van der Waals surface area contributed by atoms with Gasteiger partial charge in [0.1, 0.15) is 11.9 Å². The van der Waals surface area contributed by atoms with Crippen LogP contribution in [0.4, 0.5) is 5.69 Å². The summed E-state index contributed by atoms with van der Waals surface area (Å²) in [5, 5.41) is 21.6. The molecule has 0 spiro atoms. The van der Waals surface area contributed by atoms with E-state index in [4.69, 9.17) is 16.2 Å². The molecular formula is C22H27N5O6S. The van der Waals surface area contributed by atoms with Crippen LogP contribution in [0.2, 0.25) is 0 Å². The van der Waals surface area contributed by atoms with Gasteiger partial charge in [-0.3, -0.25) is 19.8 Å². The Kier molecular flexibility index (Phi) is 8.87. The van der Waals surface area contributed by atoms with Crippen LogP contribution >= 0.6 is 0 Å². The number of aliphatic carboxylic acids is 1. The van der Waals surface area contributed by atoms with Crippen LogP contribution in [0.15, 0.2) is 47.4 Å². The van der Waals surface area contributed by atoms with E-state index in [0.717, 1.165) is 0 Å². The van der Waals surface area contributed by atoms with Gasteiger partial charge in [0.05, 0.1) is 4.90 Å². The van der Waals surface area contributed by atoms with E-state index in [-0.39, 0.29) is 35.8 Å². The first-order valence-corrected chi connectivity index (χ1v) is 11.8. The Hall–Kier alpha value is -3.77. The molecule has 11 nitrogen and oxygen atoms in total. The summed E-state index contributed by atoms with van der Waals surface area (Å²) in [5.41, 5.74) is 6.83. The fourth-order valence-electron chi connectivity index (χ4n) is 3.05. The molecule has 0 aromatic heterocycles. The molecule has 0 radical (unpaired) electrons. The van der Waals surface area contributed by atoms with Crippen molar-refractivity contribution < 1.29 is 27.9 Å². The summed E-state index contributed by atoms with van der Waals surface area (Å²) in [4.78, 5) is 35.5. The van der Waals surface area contributed by atoms with Crippen molar-refractivity contribution in [2.45, 2.75) is 37.6 Å². The standard InChI is InChI=1S/C22H27N5O6S/c1-3-16-17(5-4-6-18(16)34(32,33)27-13(2)22(30)31)26-19(28)11-12-25-21(29)15-9-7-14(8-10-15)20(23)24/h4-10,13,27H,3,11-12H2,1-2H3,(H3,23,24)(H,25,29)(H,26,28)(H,30,31)/t13-/m0/s1. The molecule has 0 heterocycles.